The lowest BCUT2D eigenvalue weighted by atomic mass is 10.1. The molecule has 0 radical (unpaired) electrons. The van der Waals surface area contributed by atoms with Gasteiger partial charge >= 0.3 is 6.09 Å². The molecule has 0 aromatic heterocycles. The SMILES string of the molecule is COC(=O)NCCC1=CCCN=C1.[HH]. The Labute approximate surface area is 79.2 Å². The van der Waals surface area contributed by atoms with Crippen molar-refractivity contribution in [2.75, 3.05) is 20.2 Å². The van der Waals surface area contributed by atoms with Crippen molar-refractivity contribution in [2.24, 2.45) is 4.99 Å². The summed E-state index contributed by atoms with van der Waals surface area (Å²) in [6.07, 6.45) is 5.45. The third-order valence-corrected chi connectivity index (χ3v) is 1.79. The van der Waals surface area contributed by atoms with E-state index >= 15 is 0 Å². The highest BCUT2D eigenvalue weighted by atomic mass is 16.5. The highest BCUT2D eigenvalue weighted by Gasteiger charge is 2.00. The van der Waals surface area contributed by atoms with Crippen LogP contribution in [-0.4, -0.2) is 32.5 Å². The first-order valence-electron chi connectivity index (χ1n) is 4.33. The summed E-state index contributed by atoms with van der Waals surface area (Å²) in [4.78, 5) is 14.8. The fourth-order valence-electron chi connectivity index (χ4n) is 1.11. The number of hydrogen-bond acceptors (Lipinski definition) is 3. The second kappa shape index (κ2) is 5.35. The monoisotopic (exact) mass is 184 g/mol. The van der Waals surface area contributed by atoms with Crippen LogP contribution in [0.2, 0.25) is 0 Å². The Bertz CT molecular complexity index is 239. The molecule has 74 valence electrons. The zero-order chi connectivity index (χ0) is 9.52. The summed E-state index contributed by atoms with van der Waals surface area (Å²) in [5.41, 5.74) is 1.18. The van der Waals surface area contributed by atoms with E-state index in [4.69, 9.17) is 0 Å². The highest BCUT2D eigenvalue weighted by molar-refractivity contribution is 5.79. The van der Waals surface area contributed by atoms with Gasteiger partial charge in [0.2, 0.25) is 0 Å². The van der Waals surface area contributed by atoms with Crippen LogP contribution in [0.5, 0.6) is 0 Å². The summed E-state index contributed by atoms with van der Waals surface area (Å²) >= 11 is 0. The molecule has 1 rings (SSSR count). The second-order valence-electron chi connectivity index (χ2n) is 2.77. The van der Waals surface area contributed by atoms with Crippen LogP contribution in [0.4, 0.5) is 4.79 Å². The fourth-order valence-corrected chi connectivity index (χ4v) is 1.11. The van der Waals surface area contributed by atoms with E-state index in [0.717, 1.165) is 19.4 Å². The number of nitrogens with zero attached hydrogens (tertiary/aromatic N) is 1. The number of alkyl carbamates (subject to hydrolysis) is 1. The van der Waals surface area contributed by atoms with Gasteiger partial charge in [-0.2, -0.15) is 0 Å². The van der Waals surface area contributed by atoms with E-state index in [0.29, 0.717) is 6.54 Å². The van der Waals surface area contributed by atoms with Gasteiger partial charge < -0.3 is 10.1 Å². The number of aliphatic imine (C=N–C) groups is 1. The van der Waals surface area contributed by atoms with Crippen molar-refractivity contribution in [1.29, 1.82) is 0 Å². The molecule has 0 saturated heterocycles. The molecule has 1 aliphatic heterocycles. The Kier molecular flexibility index (Phi) is 4.02. The Balaban J connectivity index is 0.00000169. The zero-order valence-electron chi connectivity index (χ0n) is 7.75. The molecule has 4 heteroatoms. The highest BCUT2D eigenvalue weighted by Crippen LogP contribution is 2.04. The van der Waals surface area contributed by atoms with Crippen LogP contribution < -0.4 is 5.32 Å². The van der Waals surface area contributed by atoms with E-state index in [9.17, 15) is 4.79 Å². The number of carbonyl (C=O) groups is 1. The van der Waals surface area contributed by atoms with Crippen LogP contribution in [0.15, 0.2) is 16.6 Å². The normalized spacial score (nSPS) is 15.0. The van der Waals surface area contributed by atoms with Gasteiger partial charge in [-0.3, -0.25) is 4.99 Å². The maximum absolute atomic E-state index is 10.7. The van der Waals surface area contributed by atoms with Gasteiger partial charge in [0.05, 0.1) is 7.11 Å². The van der Waals surface area contributed by atoms with Crippen LogP contribution in [0.25, 0.3) is 0 Å². The maximum atomic E-state index is 10.7. The van der Waals surface area contributed by atoms with Crippen molar-refractivity contribution in [3.63, 3.8) is 0 Å². The minimum atomic E-state index is -0.381. The van der Waals surface area contributed by atoms with Crippen LogP contribution in [0.3, 0.4) is 0 Å². The first-order chi connectivity index (χ1) is 6.33. The van der Waals surface area contributed by atoms with Gasteiger partial charge in [-0.25, -0.2) is 4.79 Å². The zero-order valence-corrected chi connectivity index (χ0v) is 7.75. The third-order valence-electron chi connectivity index (χ3n) is 1.79. The Morgan fingerprint density at radius 2 is 2.69 bits per heavy atom. The average Bonchev–Trinajstić information content (AvgIpc) is 2.19. The summed E-state index contributed by atoms with van der Waals surface area (Å²) in [5.74, 6) is 0. The smallest absolute Gasteiger partial charge is 0.406 e. The lowest BCUT2D eigenvalue weighted by Gasteiger charge is -2.06. The second-order valence-corrected chi connectivity index (χ2v) is 2.77. The van der Waals surface area contributed by atoms with Crippen LogP contribution in [0, 0.1) is 0 Å². The first-order valence-corrected chi connectivity index (χ1v) is 4.33. The van der Waals surface area contributed by atoms with Gasteiger partial charge in [-0.05, 0) is 18.4 Å². The minimum Gasteiger partial charge on any atom is -0.453 e. The summed E-state index contributed by atoms with van der Waals surface area (Å²) in [5, 5.41) is 2.62. The van der Waals surface area contributed by atoms with Gasteiger partial charge in [-0.15, -0.1) is 0 Å². The molecule has 0 unspecified atom stereocenters. The van der Waals surface area contributed by atoms with Crippen LogP contribution in [0.1, 0.15) is 14.3 Å². The molecule has 0 aliphatic carbocycles. The summed E-state index contributed by atoms with van der Waals surface area (Å²) < 4.78 is 4.44. The molecule has 0 saturated carbocycles. The first kappa shape index (κ1) is 9.77. The largest absolute Gasteiger partial charge is 0.453 e. The molecular weight excluding hydrogens is 168 g/mol. The molecule has 1 amide bonds. The predicted molar refractivity (Wildman–Crippen MR) is 53.2 cm³/mol. The number of ether oxygens (including phenoxy) is 1. The van der Waals surface area contributed by atoms with Gasteiger partial charge in [0.15, 0.2) is 0 Å². The van der Waals surface area contributed by atoms with Gasteiger partial charge in [0, 0.05) is 20.7 Å². The summed E-state index contributed by atoms with van der Waals surface area (Å²) in [6, 6.07) is 0. The Morgan fingerprint density at radius 1 is 1.85 bits per heavy atom. The van der Waals surface area contributed by atoms with E-state index in [-0.39, 0.29) is 7.52 Å². The third kappa shape index (κ3) is 3.73. The number of hydrogen-bond donors (Lipinski definition) is 1. The van der Waals surface area contributed by atoms with E-state index in [1.807, 2.05) is 6.21 Å². The van der Waals surface area contributed by atoms with E-state index in [1.54, 1.807) is 0 Å². The molecular formula is C9H16N2O2. The standard InChI is InChI=1S/C9H14N2O2.H2/c1-13-9(12)11-6-4-8-3-2-5-10-7-8;/h3,7H,2,4-6H2,1H3,(H,11,12);1H. The molecule has 0 fully saturated rings. The Hall–Kier alpha value is -1.32. The molecule has 1 aliphatic rings. The van der Waals surface area contributed by atoms with Crippen LogP contribution in [-0.2, 0) is 4.74 Å². The lowest BCUT2D eigenvalue weighted by Crippen LogP contribution is -2.24. The predicted octanol–water partition coefficient (Wildman–Crippen LogP) is 1.38. The van der Waals surface area contributed by atoms with Crippen LogP contribution >= 0.6 is 0 Å². The molecule has 1 N–H and O–H groups in total. The van der Waals surface area contributed by atoms with Crippen molar-refractivity contribution in [1.82, 2.24) is 5.32 Å². The number of nitrogens with one attached hydrogen (secondary N) is 1. The quantitative estimate of drug-likeness (QED) is 0.720. The van der Waals surface area contributed by atoms with E-state index in [2.05, 4.69) is 21.1 Å². The number of carbonyl (C=O) groups excluding carboxylic acids is 1. The maximum Gasteiger partial charge on any atom is 0.406 e. The lowest BCUT2D eigenvalue weighted by molar-refractivity contribution is 0.171. The number of dihydropyridines is 1. The molecule has 0 spiro atoms. The molecule has 1 heterocycles. The Morgan fingerprint density at radius 3 is 3.31 bits per heavy atom. The van der Waals surface area contributed by atoms with Crippen molar-refractivity contribution in [2.45, 2.75) is 12.8 Å². The number of amides is 1. The van der Waals surface area contributed by atoms with E-state index < -0.39 is 0 Å². The molecule has 0 aromatic carbocycles. The van der Waals surface area contributed by atoms with Crippen molar-refractivity contribution in [3.05, 3.63) is 11.6 Å². The molecule has 13 heavy (non-hydrogen) atoms. The van der Waals surface area contributed by atoms with Gasteiger partial charge in [-0.1, -0.05) is 6.08 Å². The molecule has 0 atom stereocenters. The molecule has 4 nitrogen and oxygen atoms in total. The van der Waals surface area contributed by atoms with Gasteiger partial charge in [0.1, 0.15) is 0 Å². The van der Waals surface area contributed by atoms with Crippen molar-refractivity contribution in [3.8, 4) is 0 Å². The average molecular weight is 184 g/mol. The van der Waals surface area contributed by atoms with Gasteiger partial charge in [0.25, 0.3) is 0 Å². The number of methoxy groups -OCH3 is 1. The molecule has 0 bridgehead atoms. The number of rotatable bonds is 3. The van der Waals surface area contributed by atoms with E-state index in [1.165, 1.54) is 12.7 Å². The molecule has 0 aromatic rings. The topological polar surface area (TPSA) is 50.7 Å². The summed E-state index contributed by atoms with van der Waals surface area (Å²) in [6.45, 7) is 1.48. The van der Waals surface area contributed by atoms with Crippen molar-refractivity contribution < 1.29 is 11.0 Å². The minimum absolute atomic E-state index is 0. The summed E-state index contributed by atoms with van der Waals surface area (Å²) in [7, 11) is 1.36. The van der Waals surface area contributed by atoms with Crippen molar-refractivity contribution >= 4 is 12.3 Å². The fraction of sp³-hybridized carbons (Fsp3) is 0.556.